The first-order valence-corrected chi connectivity index (χ1v) is 13.7. The summed E-state index contributed by atoms with van der Waals surface area (Å²) in [6, 6.07) is 5.34. The highest BCUT2D eigenvalue weighted by molar-refractivity contribution is 7.90. The lowest BCUT2D eigenvalue weighted by Gasteiger charge is -2.47. The lowest BCUT2D eigenvalue weighted by atomic mass is 9.77. The zero-order chi connectivity index (χ0) is 25.3. The van der Waals surface area contributed by atoms with Crippen molar-refractivity contribution in [1.29, 1.82) is 0 Å². The van der Waals surface area contributed by atoms with Crippen molar-refractivity contribution in [3.63, 3.8) is 0 Å². The van der Waals surface area contributed by atoms with Crippen LogP contribution in [0.2, 0.25) is 0 Å². The number of halogens is 3. The van der Waals surface area contributed by atoms with Crippen LogP contribution < -0.4 is 4.90 Å². The lowest BCUT2D eigenvalue weighted by Crippen LogP contribution is -2.57. The minimum absolute atomic E-state index is 0.00451. The van der Waals surface area contributed by atoms with Crippen LogP contribution in [0.4, 0.5) is 18.9 Å². The van der Waals surface area contributed by atoms with E-state index >= 15 is 0 Å². The van der Waals surface area contributed by atoms with Gasteiger partial charge < -0.3 is 14.7 Å². The van der Waals surface area contributed by atoms with Crippen LogP contribution in [-0.2, 0) is 21.2 Å². The summed E-state index contributed by atoms with van der Waals surface area (Å²) in [6.45, 7) is 6.84. The summed E-state index contributed by atoms with van der Waals surface area (Å²) in [5.74, 6) is 0.518. The van der Waals surface area contributed by atoms with Crippen molar-refractivity contribution < 1.29 is 31.4 Å². The smallest absolute Gasteiger partial charge is 0.392 e. The second kappa shape index (κ2) is 10.3. The molecule has 1 aliphatic carbocycles. The maximum absolute atomic E-state index is 13.5. The van der Waals surface area contributed by atoms with Crippen LogP contribution in [0.1, 0.15) is 45.1 Å². The minimum atomic E-state index is -4.35. The average Bonchev–Trinajstić information content (AvgIpc) is 2.78. The van der Waals surface area contributed by atoms with E-state index in [4.69, 9.17) is 4.74 Å². The van der Waals surface area contributed by atoms with Crippen molar-refractivity contribution in [3.8, 4) is 0 Å². The molecule has 1 aliphatic heterocycles. The van der Waals surface area contributed by atoms with E-state index in [-0.39, 0.29) is 36.3 Å². The summed E-state index contributed by atoms with van der Waals surface area (Å²) in [7, 11) is -2.32. The Bertz CT molecular complexity index is 944. The number of anilines is 1. The van der Waals surface area contributed by atoms with Gasteiger partial charge in [0, 0.05) is 51.3 Å². The zero-order valence-electron chi connectivity index (χ0n) is 20.4. The average molecular weight is 507 g/mol. The number of piperazine rings is 1. The monoisotopic (exact) mass is 506 g/mol. The quantitative estimate of drug-likeness (QED) is 0.606. The van der Waals surface area contributed by atoms with E-state index in [0.29, 0.717) is 37.4 Å². The second-order valence-corrected chi connectivity index (χ2v) is 12.1. The Morgan fingerprint density at radius 1 is 1.21 bits per heavy atom. The SMILES string of the molecule is COC1(C(F)(F)F)CCC(CN2CCN(c3ccc(CO)c(S(C)(=O)=O)c3)C[C@@H]2C(C)C)CC1. The Morgan fingerprint density at radius 3 is 2.35 bits per heavy atom. The maximum atomic E-state index is 13.5. The Morgan fingerprint density at radius 2 is 1.85 bits per heavy atom. The summed E-state index contributed by atoms with van der Waals surface area (Å²) < 4.78 is 69.9. The molecule has 1 atom stereocenters. The van der Waals surface area contributed by atoms with E-state index in [0.717, 1.165) is 32.1 Å². The number of nitrogens with zero attached hydrogens (tertiary/aromatic N) is 2. The molecule has 0 aromatic heterocycles. The Kier molecular flexibility index (Phi) is 8.27. The fourth-order valence-electron chi connectivity index (χ4n) is 5.42. The molecule has 1 saturated carbocycles. The first-order chi connectivity index (χ1) is 15.8. The molecular formula is C24H37F3N2O4S. The molecule has 1 saturated heterocycles. The van der Waals surface area contributed by atoms with Gasteiger partial charge in [-0.3, -0.25) is 4.90 Å². The van der Waals surface area contributed by atoms with Gasteiger partial charge in [-0.2, -0.15) is 13.2 Å². The van der Waals surface area contributed by atoms with Gasteiger partial charge in [0.25, 0.3) is 0 Å². The lowest BCUT2D eigenvalue weighted by molar-refractivity contribution is -0.282. The number of sulfone groups is 1. The summed E-state index contributed by atoms with van der Waals surface area (Å²) in [5.41, 5.74) is -0.832. The van der Waals surface area contributed by atoms with E-state index in [1.165, 1.54) is 0 Å². The molecular weight excluding hydrogens is 469 g/mol. The molecule has 0 unspecified atom stereocenters. The van der Waals surface area contributed by atoms with E-state index in [9.17, 15) is 26.7 Å². The van der Waals surface area contributed by atoms with Gasteiger partial charge in [-0.15, -0.1) is 0 Å². The van der Waals surface area contributed by atoms with Gasteiger partial charge in [-0.1, -0.05) is 19.9 Å². The minimum Gasteiger partial charge on any atom is -0.392 e. The first kappa shape index (κ1) is 27.2. The topological polar surface area (TPSA) is 70.1 Å². The van der Waals surface area contributed by atoms with Crippen LogP contribution >= 0.6 is 0 Å². The molecule has 0 radical (unpaired) electrons. The van der Waals surface area contributed by atoms with Crippen LogP contribution in [0, 0.1) is 11.8 Å². The Balaban J connectivity index is 1.70. The zero-order valence-corrected chi connectivity index (χ0v) is 21.3. The highest BCUT2D eigenvalue weighted by Gasteiger charge is 2.56. The fourth-order valence-corrected chi connectivity index (χ4v) is 6.36. The number of ether oxygens (including phenoxy) is 1. The van der Waals surface area contributed by atoms with Crippen molar-refractivity contribution in [2.24, 2.45) is 11.8 Å². The summed E-state index contributed by atoms with van der Waals surface area (Å²) in [4.78, 5) is 4.69. The number of benzene rings is 1. The summed E-state index contributed by atoms with van der Waals surface area (Å²) >= 11 is 0. The van der Waals surface area contributed by atoms with Crippen molar-refractivity contribution in [1.82, 2.24) is 4.90 Å². The third-order valence-corrected chi connectivity index (χ3v) is 8.78. The van der Waals surface area contributed by atoms with Crippen LogP contribution in [0.5, 0.6) is 0 Å². The molecule has 34 heavy (non-hydrogen) atoms. The number of alkyl halides is 3. The van der Waals surface area contributed by atoms with Gasteiger partial charge in [-0.25, -0.2) is 8.42 Å². The predicted molar refractivity (Wildman–Crippen MR) is 126 cm³/mol. The molecule has 194 valence electrons. The summed E-state index contributed by atoms with van der Waals surface area (Å²) in [5, 5.41) is 9.53. The third-order valence-electron chi connectivity index (χ3n) is 7.60. The molecule has 3 rings (SSSR count). The molecule has 0 spiro atoms. The standard InChI is InChI=1S/C24H37F3N2O4S/c1-17(2)21-15-28(20-6-5-19(16-30)22(13-20)34(4,31)32)11-12-29(21)14-18-7-9-23(33-3,10-8-18)24(25,26)27/h5-6,13,17-18,21,30H,7-12,14-16H2,1-4H3/t18?,21-,23?/m1/s1. The highest BCUT2D eigenvalue weighted by Crippen LogP contribution is 2.45. The van der Waals surface area contributed by atoms with Gasteiger partial charge in [-0.05, 0) is 55.2 Å². The number of hydrogen-bond donors (Lipinski definition) is 1. The molecule has 1 aromatic carbocycles. The molecule has 2 fully saturated rings. The molecule has 10 heteroatoms. The molecule has 0 amide bonds. The molecule has 6 nitrogen and oxygen atoms in total. The first-order valence-electron chi connectivity index (χ1n) is 11.9. The molecule has 0 bridgehead atoms. The van der Waals surface area contributed by atoms with Crippen LogP contribution in [0.3, 0.4) is 0 Å². The van der Waals surface area contributed by atoms with Gasteiger partial charge in [0.15, 0.2) is 15.4 Å². The number of hydrogen-bond acceptors (Lipinski definition) is 6. The largest absolute Gasteiger partial charge is 0.417 e. The molecule has 1 heterocycles. The highest BCUT2D eigenvalue weighted by atomic mass is 32.2. The van der Waals surface area contributed by atoms with Gasteiger partial charge in [0.05, 0.1) is 11.5 Å². The molecule has 2 aliphatic rings. The second-order valence-electron chi connectivity index (χ2n) is 10.1. The van der Waals surface area contributed by atoms with E-state index in [2.05, 4.69) is 23.6 Å². The summed E-state index contributed by atoms with van der Waals surface area (Å²) in [6.07, 6.45) is -2.25. The van der Waals surface area contributed by atoms with Crippen LogP contribution in [0.15, 0.2) is 23.1 Å². The van der Waals surface area contributed by atoms with Crippen molar-refractivity contribution in [3.05, 3.63) is 23.8 Å². The molecule has 1 aromatic rings. The van der Waals surface area contributed by atoms with Crippen LogP contribution in [-0.4, -0.2) is 75.8 Å². The number of methoxy groups -OCH3 is 1. The maximum Gasteiger partial charge on any atom is 0.417 e. The van der Waals surface area contributed by atoms with Crippen molar-refractivity contribution in [2.75, 3.05) is 44.4 Å². The van der Waals surface area contributed by atoms with E-state index in [1.807, 2.05) is 6.07 Å². The Labute approximate surface area is 201 Å². The van der Waals surface area contributed by atoms with E-state index < -0.39 is 21.6 Å². The van der Waals surface area contributed by atoms with Gasteiger partial charge in [0.2, 0.25) is 0 Å². The Hall–Kier alpha value is -1.36. The van der Waals surface area contributed by atoms with Crippen molar-refractivity contribution in [2.45, 2.75) is 68.9 Å². The number of rotatable bonds is 7. The molecule has 1 N–H and O–H groups in total. The van der Waals surface area contributed by atoms with Crippen molar-refractivity contribution >= 4 is 15.5 Å². The third kappa shape index (κ3) is 5.71. The fraction of sp³-hybridized carbons (Fsp3) is 0.750. The van der Waals surface area contributed by atoms with Gasteiger partial charge >= 0.3 is 6.18 Å². The van der Waals surface area contributed by atoms with E-state index in [1.54, 1.807) is 12.1 Å². The normalized spacial score (nSPS) is 27.4. The van der Waals surface area contributed by atoms with Crippen LogP contribution in [0.25, 0.3) is 0 Å². The number of aliphatic hydroxyl groups is 1. The van der Waals surface area contributed by atoms with Gasteiger partial charge in [0.1, 0.15) is 0 Å². The predicted octanol–water partition coefficient (Wildman–Crippen LogP) is 3.87. The number of aliphatic hydroxyl groups excluding tert-OH is 1.